The Balaban J connectivity index is 1.64. The molecule has 0 radical (unpaired) electrons. The van der Waals surface area contributed by atoms with Gasteiger partial charge in [0.25, 0.3) is 5.56 Å². The van der Waals surface area contributed by atoms with Crippen LogP contribution in [-0.2, 0) is 28.2 Å². The van der Waals surface area contributed by atoms with Gasteiger partial charge in [0.05, 0.1) is 30.1 Å². The molecular weight excluding hydrogens is 413 g/mol. The Kier molecular flexibility index (Phi) is 4.47. The van der Waals surface area contributed by atoms with Crippen LogP contribution in [0.4, 0.5) is 13.2 Å². The quantitative estimate of drug-likeness (QED) is 0.537. The highest BCUT2D eigenvalue weighted by Crippen LogP contribution is 2.41. The highest BCUT2D eigenvalue weighted by atomic mass is 19.4. The lowest BCUT2D eigenvalue weighted by Gasteiger charge is -2.40. The maximum atomic E-state index is 13.2. The molecule has 2 atom stereocenters. The monoisotopic (exact) mass is 432 g/mol. The van der Waals surface area contributed by atoms with Gasteiger partial charge in [-0.2, -0.15) is 13.2 Å². The number of pyridine rings is 2. The Hall–Kier alpha value is -2.75. The number of hydrogen-bond donors (Lipinski definition) is 1. The topological polar surface area (TPSA) is 73.6 Å². The number of para-hydroxylation sites is 1. The summed E-state index contributed by atoms with van der Waals surface area (Å²) in [5.74, 6) is 0. The molecule has 162 valence electrons. The van der Waals surface area contributed by atoms with Crippen molar-refractivity contribution in [2.24, 2.45) is 0 Å². The van der Waals surface area contributed by atoms with E-state index in [1.165, 1.54) is 0 Å². The van der Waals surface area contributed by atoms with E-state index in [0.29, 0.717) is 17.9 Å². The van der Waals surface area contributed by atoms with Crippen LogP contribution in [0.2, 0.25) is 0 Å². The number of ether oxygens (including phenoxy) is 2. The smallest absolute Gasteiger partial charge is 0.380 e. The largest absolute Gasteiger partial charge is 0.411 e. The van der Waals surface area contributed by atoms with E-state index in [0.717, 1.165) is 16.5 Å². The summed E-state index contributed by atoms with van der Waals surface area (Å²) in [6.45, 7) is 0.126. The molecule has 4 heterocycles. The first-order valence-electron chi connectivity index (χ1n) is 9.90. The summed E-state index contributed by atoms with van der Waals surface area (Å²) < 4.78 is 49.8. The fourth-order valence-electron chi connectivity index (χ4n) is 4.38. The van der Waals surface area contributed by atoms with Gasteiger partial charge in [-0.15, -0.1) is 0 Å². The van der Waals surface area contributed by atoms with Gasteiger partial charge in [-0.25, -0.2) is 4.98 Å². The van der Waals surface area contributed by atoms with Gasteiger partial charge in [-0.3, -0.25) is 4.79 Å². The minimum Gasteiger partial charge on any atom is -0.380 e. The molecule has 2 aliphatic heterocycles. The van der Waals surface area contributed by atoms with E-state index in [9.17, 15) is 23.1 Å². The summed E-state index contributed by atoms with van der Waals surface area (Å²) in [5, 5.41) is 12.2. The normalized spacial score (nSPS) is 22.3. The van der Waals surface area contributed by atoms with Crippen molar-refractivity contribution < 1.29 is 27.8 Å². The maximum Gasteiger partial charge on any atom is 0.411 e. The molecule has 2 aliphatic rings. The molecule has 0 amide bonds. The highest BCUT2D eigenvalue weighted by molar-refractivity contribution is 5.84. The van der Waals surface area contributed by atoms with E-state index in [2.05, 4.69) is 0 Å². The third kappa shape index (κ3) is 3.15. The number of fused-ring (bicyclic) bond motifs is 5. The Morgan fingerprint density at radius 2 is 2.10 bits per heavy atom. The van der Waals surface area contributed by atoms with E-state index in [1.54, 1.807) is 17.6 Å². The predicted molar refractivity (Wildman–Crippen MR) is 105 cm³/mol. The molecule has 0 aliphatic carbocycles. The van der Waals surface area contributed by atoms with Crippen molar-refractivity contribution in [1.29, 1.82) is 0 Å². The SMILES string of the molecule is CC[C@]1(O)c2cc3n(c(=O)c2CO[C@H]1OCC(F)(F)F)Cc1cc2ccccc2nc1-3. The zero-order chi connectivity index (χ0) is 22.0. The summed E-state index contributed by atoms with van der Waals surface area (Å²) in [7, 11) is 0. The van der Waals surface area contributed by atoms with Gasteiger partial charge >= 0.3 is 6.18 Å². The number of aromatic nitrogens is 2. The molecule has 0 saturated heterocycles. The van der Waals surface area contributed by atoms with Gasteiger partial charge in [0, 0.05) is 22.1 Å². The Morgan fingerprint density at radius 3 is 2.84 bits per heavy atom. The van der Waals surface area contributed by atoms with Crippen LogP contribution in [0.15, 0.2) is 41.2 Å². The molecule has 9 heteroatoms. The third-order valence-electron chi connectivity index (χ3n) is 5.95. The van der Waals surface area contributed by atoms with Crippen molar-refractivity contribution >= 4 is 10.9 Å². The number of rotatable bonds is 3. The van der Waals surface area contributed by atoms with E-state index in [-0.39, 0.29) is 29.7 Å². The average molecular weight is 432 g/mol. The van der Waals surface area contributed by atoms with Crippen molar-refractivity contribution in [2.75, 3.05) is 6.61 Å². The number of halogens is 3. The lowest BCUT2D eigenvalue weighted by Crippen LogP contribution is -2.49. The molecule has 0 unspecified atom stereocenters. The van der Waals surface area contributed by atoms with Crippen LogP contribution in [0.5, 0.6) is 0 Å². The molecule has 1 aromatic carbocycles. The first-order chi connectivity index (χ1) is 14.7. The van der Waals surface area contributed by atoms with Crippen molar-refractivity contribution in [2.45, 2.75) is 44.6 Å². The van der Waals surface area contributed by atoms with E-state index >= 15 is 0 Å². The zero-order valence-corrected chi connectivity index (χ0v) is 16.6. The first-order valence-corrected chi connectivity index (χ1v) is 9.90. The molecule has 1 N–H and O–H groups in total. The van der Waals surface area contributed by atoms with E-state index < -0.39 is 24.7 Å². The van der Waals surface area contributed by atoms with Gasteiger partial charge in [0.1, 0.15) is 12.2 Å². The fourth-order valence-corrected chi connectivity index (χ4v) is 4.38. The lowest BCUT2D eigenvalue weighted by molar-refractivity contribution is -0.292. The Bertz CT molecular complexity index is 1250. The van der Waals surface area contributed by atoms with Crippen LogP contribution in [-0.4, -0.2) is 33.7 Å². The third-order valence-corrected chi connectivity index (χ3v) is 5.95. The Labute approximate surface area is 174 Å². The van der Waals surface area contributed by atoms with Crippen molar-refractivity contribution in [3.05, 3.63) is 63.4 Å². The van der Waals surface area contributed by atoms with Crippen molar-refractivity contribution in [1.82, 2.24) is 9.55 Å². The van der Waals surface area contributed by atoms with E-state index in [4.69, 9.17) is 14.5 Å². The predicted octanol–water partition coefficient (Wildman–Crippen LogP) is 3.46. The standard InChI is InChI=1S/C22H19F3N2O4/c1-2-21(29)15-8-17-18-13(7-12-5-3-4-6-16(12)26-18)9-27(17)19(28)14(15)10-30-20(21)31-11-22(23,24)25/h3-8,20,29H,2,9-11H2,1H3/t20-,21-/m0/s1. The number of aliphatic hydroxyl groups is 1. The van der Waals surface area contributed by atoms with Crippen molar-refractivity contribution in [3.8, 4) is 11.4 Å². The summed E-state index contributed by atoms with van der Waals surface area (Å²) in [6, 6.07) is 11.2. The second kappa shape index (κ2) is 6.88. The van der Waals surface area contributed by atoms with Crippen LogP contribution >= 0.6 is 0 Å². The molecule has 0 fully saturated rings. The molecule has 5 rings (SSSR count). The van der Waals surface area contributed by atoms with Crippen LogP contribution in [0.3, 0.4) is 0 Å². The summed E-state index contributed by atoms with van der Waals surface area (Å²) >= 11 is 0. The zero-order valence-electron chi connectivity index (χ0n) is 16.6. The van der Waals surface area contributed by atoms with Crippen molar-refractivity contribution in [3.63, 3.8) is 0 Å². The van der Waals surface area contributed by atoms with Gasteiger partial charge in [-0.05, 0) is 24.6 Å². The van der Waals surface area contributed by atoms with Gasteiger partial charge in [0.15, 0.2) is 6.29 Å². The minimum atomic E-state index is -4.57. The minimum absolute atomic E-state index is 0.00340. The van der Waals surface area contributed by atoms with Crippen LogP contribution in [0.25, 0.3) is 22.3 Å². The highest BCUT2D eigenvalue weighted by Gasteiger charge is 2.47. The molecule has 0 saturated carbocycles. The van der Waals surface area contributed by atoms with Gasteiger partial charge < -0.3 is 19.1 Å². The molecule has 31 heavy (non-hydrogen) atoms. The molecule has 0 spiro atoms. The number of hydrogen-bond acceptors (Lipinski definition) is 5. The van der Waals surface area contributed by atoms with Crippen LogP contribution in [0.1, 0.15) is 30.0 Å². The molecular formula is C22H19F3N2O4. The van der Waals surface area contributed by atoms with Gasteiger partial charge in [-0.1, -0.05) is 25.1 Å². The molecule has 3 aromatic rings. The lowest BCUT2D eigenvalue weighted by atomic mass is 9.85. The number of alkyl halides is 3. The summed E-state index contributed by atoms with van der Waals surface area (Å²) in [4.78, 5) is 17.9. The summed E-state index contributed by atoms with van der Waals surface area (Å²) in [6.07, 6.45) is -6.11. The molecule has 2 aromatic heterocycles. The molecule has 0 bridgehead atoms. The number of nitrogens with zero attached hydrogens (tertiary/aromatic N) is 2. The first kappa shape index (κ1) is 20.2. The van der Waals surface area contributed by atoms with Crippen LogP contribution in [0, 0.1) is 0 Å². The van der Waals surface area contributed by atoms with Gasteiger partial charge in [0.2, 0.25) is 0 Å². The summed E-state index contributed by atoms with van der Waals surface area (Å²) in [5.41, 5.74) is 0.974. The second-order valence-corrected chi connectivity index (χ2v) is 7.85. The fraction of sp³-hybridized carbons (Fsp3) is 0.364. The van der Waals surface area contributed by atoms with Crippen LogP contribution < -0.4 is 5.56 Å². The molecule has 6 nitrogen and oxygen atoms in total. The maximum absolute atomic E-state index is 13.2. The number of benzene rings is 1. The Morgan fingerprint density at radius 1 is 1.32 bits per heavy atom. The second-order valence-electron chi connectivity index (χ2n) is 7.85. The van der Waals surface area contributed by atoms with E-state index in [1.807, 2.05) is 30.3 Å². The average Bonchev–Trinajstić information content (AvgIpc) is 3.09.